The van der Waals surface area contributed by atoms with Gasteiger partial charge >= 0.3 is 0 Å². The van der Waals surface area contributed by atoms with Crippen LogP contribution < -0.4 is 0 Å². The highest BCUT2D eigenvalue weighted by Gasteiger charge is 2.23. The third-order valence-electron chi connectivity index (χ3n) is 2.53. The maximum absolute atomic E-state index is 11.6. The molecule has 0 aliphatic carbocycles. The Balaban J connectivity index is 1.98. The molecule has 0 unspecified atom stereocenters. The van der Waals surface area contributed by atoms with E-state index in [9.17, 15) is 4.79 Å². The molecule has 18 heavy (non-hydrogen) atoms. The minimum Gasteiger partial charge on any atom is -0.289 e. The number of hydrogen-bond donors (Lipinski definition) is 0. The van der Waals surface area contributed by atoms with Gasteiger partial charge in [0.25, 0.3) is 0 Å². The number of halogens is 2. The van der Waals surface area contributed by atoms with Crippen LogP contribution in [0.2, 0.25) is 5.02 Å². The van der Waals surface area contributed by atoms with Gasteiger partial charge in [-0.2, -0.15) is 0 Å². The molecule has 0 spiro atoms. The van der Waals surface area contributed by atoms with E-state index in [4.69, 9.17) is 23.2 Å². The molecule has 1 aromatic carbocycles. The van der Waals surface area contributed by atoms with Crippen LogP contribution in [0, 0.1) is 0 Å². The Hall–Kier alpha value is -0.710. The summed E-state index contributed by atoms with van der Waals surface area (Å²) in [6, 6.07) is 7.67. The van der Waals surface area contributed by atoms with Crippen molar-refractivity contribution in [2.45, 2.75) is 5.75 Å². The lowest BCUT2D eigenvalue weighted by Gasteiger charge is -2.16. The summed E-state index contributed by atoms with van der Waals surface area (Å²) in [6.07, 6.45) is 0. The van der Waals surface area contributed by atoms with Crippen molar-refractivity contribution in [3.05, 3.63) is 34.9 Å². The molecule has 1 aliphatic heterocycles. The van der Waals surface area contributed by atoms with E-state index in [0.717, 1.165) is 15.8 Å². The monoisotopic (exact) mass is 302 g/mol. The molecule has 0 atom stereocenters. The molecule has 0 aromatic heterocycles. The zero-order valence-electron chi connectivity index (χ0n) is 9.60. The summed E-state index contributed by atoms with van der Waals surface area (Å²) in [5.41, 5.74) is 1.04. The number of alkyl halides is 1. The lowest BCUT2D eigenvalue weighted by Crippen LogP contribution is -2.33. The first kappa shape index (κ1) is 13.7. The van der Waals surface area contributed by atoms with Crippen LogP contribution in [0.5, 0.6) is 0 Å². The Kier molecular flexibility index (Phi) is 4.92. The van der Waals surface area contributed by atoms with Crippen molar-refractivity contribution >= 4 is 46.0 Å². The van der Waals surface area contributed by atoms with E-state index in [1.165, 1.54) is 11.8 Å². The van der Waals surface area contributed by atoms with Gasteiger partial charge in [0.2, 0.25) is 5.91 Å². The number of thioether (sulfide) groups is 1. The van der Waals surface area contributed by atoms with Gasteiger partial charge in [-0.1, -0.05) is 41.6 Å². The molecular formula is C12H12Cl2N2OS. The molecule has 0 fully saturated rings. The van der Waals surface area contributed by atoms with E-state index in [1.807, 2.05) is 24.3 Å². The highest BCUT2D eigenvalue weighted by atomic mass is 35.5. The van der Waals surface area contributed by atoms with E-state index in [2.05, 4.69) is 4.99 Å². The quantitative estimate of drug-likeness (QED) is 0.804. The second-order valence-corrected chi connectivity index (χ2v) is 5.34. The molecule has 0 saturated carbocycles. The standard InChI is InChI=1S/C12H12Cl2N2OS/c13-7-11(17)16-6-5-15-12(16)18-8-9-3-1-2-4-10(9)14/h1-4H,5-8H2. The fourth-order valence-corrected chi connectivity index (χ4v) is 3.11. The topological polar surface area (TPSA) is 32.7 Å². The molecule has 6 heteroatoms. The van der Waals surface area contributed by atoms with Crippen LogP contribution in [0.1, 0.15) is 5.56 Å². The SMILES string of the molecule is O=C(CCl)N1CCN=C1SCc1ccccc1Cl. The Morgan fingerprint density at radius 2 is 2.22 bits per heavy atom. The predicted octanol–water partition coefficient (Wildman–Crippen LogP) is 3.01. The van der Waals surface area contributed by atoms with E-state index in [0.29, 0.717) is 18.8 Å². The molecule has 1 heterocycles. The second-order valence-electron chi connectivity index (χ2n) is 3.72. The van der Waals surface area contributed by atoms with Gasteiger partial charge in [0.15, 0.2) is 5.17 Å². The molecule has 1 amide bonds. The van der Waals surface area contributed by atoms with Gasteiger partial charge in [-0.25, -0.2) is 0 Å². The Bertz CT molecular complexity index is 479. The number of amides is 1. The van der Waals surface area contributed by atoms with Crippen molar-refractivity contribution in [1.82, 2.24) is 4.90 Å². The number of amidine groups is 1. The average molecular weight is 303 g/mol. The molecule has 2 rings (SSSR count). The third-order valence-corrected chi connectivity index (χ3v) is 4.19. The van der Waals surface area contributed by atoms with E-state index in [-0.39, 0.29) is 11.8 Å². The van der Waals surface area contributed by atoms with Crippen LogP contribution in [0.15, 0.2) is 29.3 Å². The number of carbonyl (C=O) groups excluding carboxylic acids is 1. The molecule has 0 saturated heterocycles. The first-order valence-electron chi connectivity index (χ1n) is 5.49. The fraction of sp³-hybridized carbons (Fsp3) is 0.333. The van der Waals surface area contributed by atoms with Crippen molar-refractivity contribution in [3.63, 3.8) is 0 Å². The van der Waals surface area contributed by atoms with Crippen LogP contribution in [-0.4, -0.2) is 34.9 Å². The van der Waals surface area contributed by atoms with Crippen LogP contribution in [0.4, 0.5) is 0 Å². The first-order valence-corrected chi connectivity index (χ1v) is 7.39. The van der Waals surface area contributed by atoms with E-state index in [1.54, 1.807) is 4.90 Å². The van der Waals surface area contributed by atoms with Crippen molar-refractivity contribution in [2.75, 3.05) is 19.0 Å². The van der Waals surface area contributed by atoms with Crippen LogP contribution in [0.3, 0.4) is 0 Å². The van der Waals surface area contributed by atoms with E-state index < -0.39 is 0 Å². The number of rotatable bonds is 3. The molecule has 0 bridgehead atoms. The molecule has 0 radical (unpaired) electrons. The Morgan fingerprint density at radius 3 is 2.94 bits per heavy atom. The van der Waals surface area contributed by atoms with Gasteiger partial charge in [-0.3, -0.25) is 14.7 Å². The lowest BCUT2D eigenvalue weighted by atomic mass is 10.2. The minimum absolute atomic E-state index is 0.00826. The van der Waals surface area contributed by atoms with Crippen molar-refractivity contribution < 1.29 is 4.79 Å². The molecule has 1 aromatic rings. The summed E-state index contributed by atoms with van der Waals surface area (Å²) < 4.78 is 0. The first-order chi connectivity index (χ1) is 8.72. The highest BCUT2D eigenvalue weighted by Crippen LogP contribution is 2.24. The molecule has 1 aliphatic rings. The second kappa shape index (κ2) is 6.45. The largest absolute Gasteiger partial charge is 0.289 e. The summed E-state index contributed by atoms with van der Waals surface area (Å²) in [6.45, 7) is 1.27. The summed E-state index contributed by atoms with van der Waals surface area (Å²) >= 11 is 13.2. The number of nitrogens with zero attached hydrogens (tertiary/aromatic N) is 2. The molecule has 0 N–H and O–H groups in total. The summed E-state index contributed by atoms with van der Waals surface area (Å²) in [7, 11) is 0. The summed E-state index contributed by atoms with van der Waals surface area (Å²) in [5.74, 6) is 0.593. The zero-order chi connectivity index (χ0) is 13.0. The number of aliphatic imine (C=N–C) groups is 1. The maximum atomic E-state index is 11.6. The van der Waals surface area contributed by atoms with Gasteiger partial charge in [0.1, 0.15) is 5.88 Å². The number of carbonyl (C=O) groups is 1. The van der Waals surface area contributed by atoms with Crippen LogP contribution in [0.25, 0.3) is 0 Å². The van der Waals surface area contributed by atoms with Gasteiger partial charge in [-0.05, 0) is 11.6 Å². The number of hydrogen-bond acceptors (Lipinski definition) is 3. The molecule has 96 valence electrons. The predicted molar refractivity (Wildman–Crippen MR) is 77.5 cm³/mol. The minimum atomic E-state index is -0.0976. The van der Waals surface area contributed by atoms with Crippen molar-refractivity contribution in [1.29, 1.82) is 0 Å². The van der Waals surface area contributed by atoms with Crippen molar-refractivity contribution in [2.24, 2.45) is 4.99 Å². The van der Waals surface area contributed by atoms with Gasteiger partial charge in [-0.15, -0.1) is 11.6 Å². The molecule has 3 nitrogen and oxygen atoms in total. The zero-order valence-corrected chi connectivity index (χ0v) is 11.9. The number of benzene rings is 1. The Labute approximate surface area is 120 Å². The van der Waals surface area contributed by atoms with Gasteiger partial charge in [0, 0.05) is 17.3 Å². The van der Waals surface area contributed by atoms with Gasteiger partial charge < -0.3 is 0 Å². The summed E-state index contributed by atoms with van der Waals surface area (Å²) in [4.78, 5) is 17.5. The van der Waals surface area contributed by atoms with Crippen LogP contribution >= 0.6 is 35.0 Å². The van der Waals surface area contributed by atoms with Crippen LogP contribution in [-0.2, 0) is 10.5 Å². The summed E-state index contributed by atoms with van der Waals surface area (Å²) in [5, 5.41) is 1.47. The third kappa shape index (κ3) is 3.19. The average Bonchev–Trinajstić information content (AvgIpc) is 2.85. The molecular weight excluding hydrogens is 291 g/mol. The lowest BCUT2D eigenvalue weighted by molar-refractivity contribution is -0.124. The Morgan fingerprint density at radius 1 is 1.44 bits per heavy atom. The normalized spacial score (nSPS) is 14.8. The van der Waals surface area contributed by atoms with E-state index >= 15 is 0 Å². The highest BCUT2D eigenvalue weighted by molar-refractivity contribution is 8.13. The van der Waals surface area contributed by atoms with Gasteiger partial charge in [0.05, 0.1) is 6.54 Å². The smallest absolute Gasteiger partial charge is 0.243 e. The maximum Gasteiger partial charge on any atom is 0.243 e. The fourth-order valence-electron chi connectivity index (χ4n) is 1.61. The van der Waals surface area contributed by atoms with Crippen molar-refractivity contribution in [3.8, 4) is 0 Å².